The molecule has 0 radical (unpaired) electrons. The number of ketones is 1. The number of anilines is 1. The van der Waals surface area contributed by atoms with E-state index >= 15 is 0 Å². The third kappa shape index (κ3) is 5.30. The molecule has 0 fully saturated rings. The highest BCUT2D eigenvalue weighted by atomic mass is 32.2. The maximum absolute atomic E-state index is 13.1. The molecule has 0 heterocycles. The molecule has 30 heavy (non-hydrogen) atoms. The number of esters is 1. The Morgan fingerprint density at radius 1 is 0.933 bits per heavy atom. The molecule has 0 aliphatic rings. The van der Waals surface area contributed by atoms with E-state index < -0.39 is 34.2 Å². The molecule has 3 aromatic rings. The van der Waals surface area contributed by atoms with E-state index in [-0.39, 0.29) is 21.7 Å². The minimum absolute atomic E-state index is 0.00339. The van der Waals surface area contributed by atoms with Gasteiger partial charge in [-0.1, -0.05) is 23.8 Å². The van der Waals surface area contributed by atoms with E-state index in [1.165, 1.54) is 54.6 Å². The fourth-order valence-electron chi connectivity index (χ4n) is 2.57. The minimum Gasteiger partial charge on any atom is -0.454 e. The molecule has 0 aliphatic carbocycles. The molecule has 0 saturated carbocycles. The first kappa shape index (κ1) is 21.2. The molecular weight excluding hydrogens is 409 g/mol. The van der Waals surface area contributed by atoms with Crippen LogP contribution in [0.2, 0.25) is 0 Å². The summed E-state index contributed by atoms with van der Waals surface area (Å²) < 4.78 is 45.3. The highest BCUT2D eigenvalue weighted by molar-refractivity contribution is 7.92. The maximum Gasteiger partial charge on any atom is 0.338 e. The van der Waals surface area contributed by atoms with Crippen LogP contribution in [0.3, 0.4) is 0 Å². The molecule has 0 saturated heterocycles. The minimum atomic E-state index is -3.75. The SMILES string of the molecule is Cc1ccc(S(=O)(=O)Nc2ccc(C(=O)COC(=O)c3cccc(F)c3)cc2)cc1. The number of benzene rings is 3. The van der Waals surface area contributed by atoms with Crippen molar-refractivity contribution in [3.05, 3.63) is 95.3 Å². The zero-order valence-electron chi connectivity index (χ0n) is 16.0. The van der Waals surface area contributed by atoms with Gasteiger partial charge in [0.1, 0.15) is 5.82 Å². The zero-order valence-corrected chi connectivity index (χ0v) is 16.8. The van der Waals surface area contributed by atoms with Gasteiger partial charge >= 0.3 is 5.97 Å². The summed E-state index contributed by atoms with van der Waals surface area (Å²) in [6.07, 6.45) is 0. The van der Waals surface area contributed by atoms with Crippen LogP contribution in [0, 0.1) is 12.7 Å². The Bertz CT molecular complexity index is 1170. The standard InChI is InChI=1S/C22H18FNO5S/c1-15-5-11-20(12-6-15)30(27,28)24-19-9-7-16(8-10-19)21(25)14-29-22(26)17-3-2-4-18(23)13-17/h2-13,24H,14H2,1H3. The van der Waals surface area contributed by atoms with Gasteiger partial charge in [0.15, 0.2) is 12.4 Å². The van der Waals surface area contributed by atoms with E-state index in [0.717, 1.165) is 11.6 Å². The quantitative estimate of drug-likeness (QED) is 0.455. The molecule has 0 amide bonds. The summed E-state index contributed by atoms with van der Waals surface area (Å²) in [4.78, 5) is 24.2. The number of sulfonamides is 1. The molecule has 0 aromatic heterocycles. The molecule has 3 rings (SSSR count). The maximum atomic E-state index is 13.1. The summed E-state index contributed by atoms with van der Waals surface area (Å²) in [5, 5.41) is 0. The Morgan fingerprint density at radius 3 is 2.23 bits per heavy atom. The molecule has 6 nitrogen and oxygen atoms in total. The second kappa shape index (κ2) is 8.87. The molecule has 0 unspecified atom stereocenters. The third-order valence-corrected chi connectivity index (χ3v) is 5.58. The number of Topliss-reactive ketones (excluding diaryl/α,β-unsaturated/α-hetero) is 1. The number of carbonyl (C=O) groups excluding carboxylic acids is 2. The van der Waals surface area contributed by atoms with Crippen molar-refractivity contribution < 1.29 is 27.1 Å². The number of aryl methyl sites for hydroxylation is 1. The molecule has 154 valence electrons. The van der Waals surface area contributed by atoms with Crippen molar-refractivity contribution >= 4 is 27.5 Å². The predicted molar refractivity (Wildman–Crippen MR) is 109 cm³/mol. The smallest absolute Gasteiger partial charge is 0.338 e. The van der Waals surface area contributed by atoms with Gasteiger partial charge in [-0.3, -0.25) is 9.52 Å². The molecule has 8 heteroatoms. The van der Waals surface area contributed by atoms with Crippen LogP contribution in [-0.4, -0.2) is 26.8 Å². The van der Waals surface area contributed by atoms with Crippen molar-refractivity contribution in [2.24, 2.45) is 0 Å². The van der Waals surface area contributed by atoms with E-state index in [0.29, 0.717) is 0 Å². The normalized spacial score (nSPS) is 11.0. The van der Waals surface area contributed by atoms with Crippen LogP contribution in [0.15, 0.2) is 77.7 Å². The molecular formula is C22H18FNO5S. The van der Waals surface area contributed by atoms with Crippen LogP contribution in [0.5, 0.6) is 0 Å². The number of ether oxygens (including phenoxy) is 1. The highest BCUT2D eigenvalue weighted by Gasteiger charge is 2.15. The van der Waals surface area contributed by atoms with Gasteiger partial charge in [0, 0.05) is 11.3 Å². The van der Waals surface area contributed by atoms with Gasteiger partial charge in [-0.25, -0.2) is 17.6 Å². The monoisotopic (exact) mass is 427 g/mol. The molecule has 0 bridgehead atoms. The molecule has 0 aliphatic heterocycles. The number of halogens is 1. The molecule has 0 spiro atoms. The van der Waals surface area contributed by atoms with Crippen LogP contribution >= 0.6 is 0 Å². The van der Waals surface area contributed by atoms with Gasteiger partial charge in [0.25, 0.3) is 10.0 Å². The lowest BCUT2D eigenvalue weighted by atomic mass is 10.1. The second-order valence-corrected chi connectivity index (χ2v) is 8.19. The Balaban J connectivity index is 1.61. The molecule has 0 atom stereocenters. The number of hydrogen-bond acceptors (Lipinski definition) is 5. The van der Waals surface area contributed by atoms with Crippen molar-refractivity contribution in [1.29, 1.82) is 0 Å². The Labute approximate surface area is 173 Å². The van der Waals surface area contributed by atoms with Crippen LogP contribution in [0.4, 0.5) is 10.1 Å². The van der Waals surface area contributed by atoms with Crippen molar-refractivity contribution in [1.82, 2.24) is 0 Å². The van der Waals surface area contributed by atoms with Crippen molar-refractivity contribution in [2.45, 2.75) is 11.8 Å². The van der Waals surface area contributed by atoms with Crippen LogP contribution in [-0.2, 0) is 14.8 Å². The van der Waals surface area contributed by atoms with Gasteiger partial charge in [-0.05, 0) is 61.5 Å². The number of nitrogens with one attached hydrogen (secondary N) is 1. The Hall–Kier alpha value is -3.52. The first-order chi connectivity index (χ1) is 14.2. The average Bonchev–Trinajstić information content (AvgIpc) is 2.72. The van der Waals surface area contributed by atoms with Crippen molar-refractivity contribution in [3.8, 4) is 0 Å². The lowest BCUT2D eigenvalue weighted by molar-refractivity contribution is 0.0474. The fraction of sp³-hybridized carbons (Fsp3) is 0.0909. The van der Waals surface area contributed by atoms with Gasteiger partial charge in [-0.2, -0.15) is 0 Å². The van der Waals surface area contributed by atoms with E-state index in [4.69, 9.17) is 4.74 Å². The summed E-state index contributed by atoms with van der Waals surface area (Å²) in [5.74, 6) is -1.88. The average molecular weight is 427 g/mol. The largest absolute Gasteiger partial charge is 0.454 e. The number of carbonyl (C=O) groups is 2. The summed E-state index contributed by atoms with van der Waals surface area (Å²) in [6.45, 7) is 1.33. The van der Waals surface area contributed by atoms with Crippen molar-refractivity contribution in [2.75, 3.05) is 11.3 Å². The topological polar surface area (TPSA) is 89.5 Å². The van der Waals surface area contributed by atoms with E-state index in [1.54, 1.807) is 12.1 Å². The lowest BCUT2D eigenvalue weighted by Crippen LogP contribution is -2.15. The van der Waals surface area contributed by atoms with Gasteiger partial charge in [-0.15, -0.1) is 0 Å². The summed E-state index contributed by atoms with van der Waals surface area (Å²) in [5.41, 5.74) is 1.46. The predicted octanol–water partition coefficient (Wildman–Crippen LogP) is 3.97. The van der Waals surface area contributed by atoms with Gasteiger partial charge in [0.05, 0.1) is 10.5 Å². The summed E-state index contributed by atoms with van der Waals surface area (Å²) >= 11 is 0. The third-order valence-electron chi connectivity index (χ3n) is 4.19. The van der Waals surface area contributed by atoms with E-state index in [2.05, 4.69) is 4.72 Å². The molecule has 3 aromatic carbocycles. The number of rotatable bonds is 7. The Morgan fingerprint density at radius 2 is 1.60 bits per heavy atom. The van der Waals surface area contributed by atoms with E-state index in [1.807, 2.05) is 6.92 Å². The first-order valence-corrected chi connectivity index (χ1v) is 10.4. The number of hydrogen-bond donors (Lipinski definition) is 1. The van der Waals surface area contributed by atoms with Crippen LogP contribution < -0.4 is 4.72 Å². The van der Waals surface area contributed by atoms with Crippen LogP contribution in [0.1, 0.15) is 26.3 Å². The summed E-state index contributed by atoms with van der Waals surface area (Å²) in [6, 6.07) is 17.1. The fourth-order valence-corrected chi connectivity index (χ4v) is 3.63. The Kier molecular flexibility index (Phi) is 6.27. The van der Waals surface area contributed by atoms with Crippen molar-refractivity contribution in [3.63, 3.8) is 0 Å². The van der Waals surface area contributed by atoms with Gasteiger partial charge in [0.2, 0.25) is 0 Å². The second-order valence-electron chi connectivity index (χ2n) is 6.51. The van der Waals surface area contributed by atoms with Gasteiger partial charge < -0.3 is 4.74 Å². The molecule has 1 N–H and O–H groups in total. The summed E-state index contributed by atoms with van der Waals surface area (Å²) in [7, 11) is -3.75. The van der Waals surface area contributed by atoms with E-state index in [9.17, 15) is 22.4 Å². The highest BCUT2D eigenvalue weighted by Crippen LogP contribution is 2.17. The zero-order chi connectivity index (χ0) is 21.7. The first-order valence-electron chi connectivity index (χ1n) is 8.90. The van der Waals surface area contributed by atoms with Crippen LogP contribution in [0.25, 0.3) is 0 Å². The lowest BCUT2D eigenvalue weighted by Gasteiger charge is -2.09.